The Morgan fingerprint density at radius 1 is 1.19 bits per heavy atom. The molecular weight excluding hydrogens is 338 g/mol. The number of ether oxygens (including phenoxy) is 2. The van der Waals surface area contributed by atoms with E-state index < -0.39 is 23.7 Å². The summed E-state index contributed by atoms with van der Waals surface area (Å²) in [5, 5.41) is 5.02. The molecule has 1 aromatic carbocycles. The molecule has 1 atom stereocenters. The number of nitrogens with zero attached hydrogens (tertiary/aromatic N) is 1. The molecule has 8 heteroatoms. The molecule has 0 aliphatic carbocycles. The van der Waals surface area contributed by atoms with E-state index >= 15 is 0 Å². The fourth-order valence-corrected chi connectivity index (χ4v) is 2.01. The van der Waals surface area contributed by atoms with Crippen LogP contribution < -0.4 is 15.5 Å². The van der Waals surface area contributed by atoms with Crippen LogP contribution in [0.2, 0.25) is 0 Å². The lowest BCUT2D eigenvalue weighted by Gasteiger charge is -2.22. The highest BCUT2D eigenvalue weighted by Gasteiger charge is 2.25. The SMILES string of the molecule is COC(=O)[C@H](CNC(=O)c1cccc(N(C)C)c1)NC(=O)OC(C)(C)C. The Hall–Kier alpha value is -2.77. The minimum atomic E-state index is -1.06. The standard InChI is InChI=1S/C18H27N3O5/c1-18(2,3)26-17(24)20-14(16(23)25-6)11-19-15(22)12-8-7-9-13(10-12)21(4)5/h7-10,14H,11H2,1-6H3,(H,19,22)(H,20,24)/t14-/m0/s1. The first-order valence-corrected chi connectivity index (χ1v) is 8.16. The first-order valence-electron chi connectivity index (χ1n) is 8.16. The second kappa shape index (κ2) is 9.07. The van der Waals surface area contributed by atoms with E-state index in [1.165, 1.54) is 7.11 Å². The van der Waals surface area contributed by atoms with Gasteiger partial charge in [0.15, 0.2) is 0 Å². The first kappa shape index (κ1) is 21.3. The summed E-state index contributed by atoms with van der Waals surface area (Å²) < 4.78 is 9.79. The average molecular weight is 365 g/mol. The third-order valence-electron chi connectivity index (χ3n) is 3.27. The molecule has 0 unspecified atom stereocenters. The average Bonchev–Trinajstić information content (AvgIpc) is 2.55. The lowest BCUT2D eigenvalue weighted by Crippen LogP contribution is -2.50. The lowest BCUT2D eigenvalue weighted by molar-refractivity contribution is -0.142. The Balaban J connectivity index is 2.74. The van der Waals surface area contributed by atoms with Crippen LogP contribution in [0.4, 0.5) is 10.5 Å². The summed E-state index contributed by atoms with van der Waals surface area (Å²) in [6.07, 6.45) is -0.767. The predicted octanol–water partition coefficient (Wildman–Crippen LogP) is 1.55. The molecular formula is C18H27N3O5. The molecule has 0 spiro atoms. The number of rotatable bonds is 6. The van der Waals surface area contributed by atoms with Crippen LogP contribution >= 0.6 is 0 Å². The van der Waals surface area contributed by atoms with Crippen LogP contribution in [0.1, 0.15) is 31.1 Å². The van der Waals surface area contributed by atoms with Gasteiger partial charge >= 0.3 is 12.1 Å². The number of hydrogen-bond donors (Lipinski definition) is 2. The molecule has 0 radical (unpaired) electrons. The van der Waals surface area contributed by atoms with Gasteiger partial charge in [0.1, 0.15) is 11.6 Å². The van der Waals surface area contributed by atoms with E-state index in [4.69, 9.17) is 4.74 Å². The molecule has 0 heterocycles. The highest BCUT2D eigenvalue weighted by atomic mass is 16.6. The van der Waals surface area contributed by atoms with Crippen LogP contribution in [0, 0.1) is 0 Å². The van der Waals surface area contributed by atoms with E-state index in [-0.39, 0.29) is 12.5 Å². The Morgan fingerprint density at radius 2 is 1.85 bits per heavy atom. The van der Waals surface area contributed by atoms with Crippen LogP contribution in [0.5, 0.6) is 0 Å². The van der Waals surface area contributed by atoms with Crippen molar-refractivity contribution in [1.29, 1.82) is 0 Å². The molecule has 26 heavy (non-hydrogen) atoms. The van der Waals surface area contributed by atoms with Crippen LogP contribution in [0.3, 0.4) is 0 Å². The van der Waals surface area contributed by atoms with Crippen molar-refractivity contribution in [3.8, 4) is 0 Å². The number of esters is 1. The molecule has 0 aromatic heterocycles. The second-order valence-electron chi connectivity index (χ2n) is 6.88. The number of benzene rings is 1. The van der Waals surface area contributed by atoms with Crippen molar-refractivity contribution in [2.45, 2.75) is 32.4 Å². The normalized spacial score (nSPS) is 11.9. The number of anilines is 1. The maximum absolute atomic E-state index is 12.3. The molecule has 8 nitrogen and oxygen atoms in total. The molecule has 1 aromatic rings. The van der Waals surface area contributed by atoms with Crippen LogP contribution in [0.15, 0.2) is 24.3 Å². The summed E-state index contributed by atoms with van der Waals surface area (Å²) >= 11 is 0. The predicted molar refractivity (Wildman–Crippen MR) is 98.3 cm³/mol. The summed E-state index contributed by atoms with van der Waals surface area (Å²) in [5.41, 5.74) is 0.604. The van der Waals surface area contributed by atoms with Gasteiger partial charge in [-0.05, 0) is 39.0 Å². The van der Waals surface area contributed by atoms with Gasteiger partial charge in [-0.1, -0.05) is 6.07 Å². The first-order chi connectivity index (χ1) is 12.0. The second-order valence-corrected chi connectivity index (χ2v) is 6.88. The summed E-state index contributed by atoms with van der Waals surface area (Å²) in [4.78, 5) is 37.9. The summed E-state index contributed by atoms with van der Waals surface area (Å²) in [6.45, 7) is 4.99. The fraction of sp³-hybridized carbons (Fsp3) is 0.500. The van der Waals surface area contributed by atoms with Crippen LogP contribution in [-0.2, 0) is 14.3 Å². The summed E-state index contributed by atoms with van der Waals surface area (Å²) in [7, 11) is 4.94. The molecule has 0 aliphatic heterocycles. The van der Waals surface area contributed by atoms with E-state index in [1.807, 2.05) is 25.1 Å². The highest BCUT2D eigenvalue weighted by molar-refractivity contribution is 5.95. The van der Waals surface area contributed by atoms with E-state index in [1.54, 1.807) is 39.0 Å². The smallest absolute Gasteiger partial charge is 0.408 e. The topological polar surface area (TPSA) is 97.0 Å². The third kappa shape index (κ3) is 7.00. The summed E-state index contributed by atoms with van der Waals surface area (Å²) in [6, 6.07) is 5.97. The van der Waals surface area contributed by atoms with E-state index in [2.05, 4.69) is 15.4 Å². The zero-order valence-electron chi connectivity index (χ0n) is 16.1. The third-order valence-corrected chi connectivity index (χ3v) is 3.27. The van der Waals surface area contributed by atoms with Crippen molar-refractivity contribution < 1.29 is 23.9 Å². The molecule has 0 saturated carbocycles. The number of amides is 2. The van der Waals surface area contributed by atoms with Crippen molar-refractivity contribution in [3.63, 3.8) is 0 Å². The zero-order valence-corrected chi connectivity index (χ0v) is 16.1. The van der Waals surface area contributed by atoms with Crippen molar-refractivity contribution in [3.05, 3.63) is 29.8 Å². The van der Waals surface area contributed by atoms with Crippen molar-refractivity contribution >= 4 is 23.7 Å². The zero-order chi connectivity index (χ0) is 19.9. The maximum Gasteiger partial charge on any atom is 0.408 e. The number of methoxy groups -OCH3 is 1. The fourth-order valence-electron chi connectivity index (χ4n) is 2.01. The molecule has 0 fully saturated rings. The Labute approximate surface area is 153 Å². The van der Waals surface area contributed by atoms with Gasteiger partial charge in [-0.25, -0.2) is 9.59 Å². The molecule has 144 valence electrons. The van der Waals surface area contributed by atoms with Gasteiger partial charge in [0.05, 0.1) is 7.11 Å². The van der Waals surface area contributed by atoms with Gasteiger partial charge in [-0.2, -0.15) is 0 Å². The number of nitrogens with one attached hydrogen (secondary N) is 2. The Bertz CT molecular complexity index is 652. The van der Waals surface area contributed by atoms with Gasteiger partial charge in [-0.3, -0.25) is 4.79 Å². The van der Waals surface area contributed by atoms with Crippen LogP contribution in [-0.4, -0.2) is 57.4 Å². The Morgan fingerprint density at radius 3 is 2.38 bits per heavy atom. The van der Waals surface area contributed by atoms with Gasteiger partial charge in [0, 0.05) is 31.9 Å². The molecule has 0 saturated heterocycles. The molecule has 0 bridgehead atoms. The lowest BCUT2D eigenvalue weighted by atomic mass is 10.1. The van der Waals surface area contributed by atoms with Gasteiger partial charge < -0.3 is 25.0 Å². The van der Waals surface area contributed by atoms with Crippen molar-refractivity contribution in [1.82, 2.24) is 10.6 Å². The van der Waals surface area contributed by atoms with Crippen molar-refractivity contribution in [2.75, 3.05) is 32.6 Å². The molecule has 2 amide bonds. The molecule has 1 rings (SSSR count). The van der Waals surface area contributed by atoms with Gasteiger partial charge in [0.2, 0.25) is 0 Å². The Kier molecular flexibility index (Phi) is 7.42. The molecule has 0 aliphatic rings. The van der Waals surface area contributed by atoms with E-state index in [9.17, 15) is 14.4 Å². The summed E-state index contributed by atoms with van der Waals surface area (Å²) in [5.74, 6) is -1.05. The number of carbonyl (C=O) groups excluding carboxylic acids is 3. The maximum atomic E-state index is 12.3. The number of hydrogen-bond acceptors (Lipinski definition) is 6. The largest absolute Gasteiger partial charge is 0.467 e. The quantitative estimate of drug-likeness (QED) is 0.743. The van der Waals surface area contributed by atoms with Crippen molar-refractivity contribution in [2.24, 2.45) is 0 Å². The minimum absolute atomic E-state index is 0.128. The molecule has 2 N–H and O–H groups in total. The van der Waals surface area contributed by atoms with Gasteiger partial charge in [0.25, 0.3) is 5.91 Å². The highest BCUT2D eigenvalue weighted by Crippen LogP contribution is 2.13. The monoisotopic (exact) mass is 365 g/mol. The van der Waals surface area contributed by atoms with Crippen LogP contribution in [0.25, 0.3) is 0 Å². The van der Waals surface area contributed by atoms with Gasteiger partial charge in [-0.15, -0.1) is 0 Å². The minimum Gasteiger partial charge on any atom is -0.467 e. The number of alkyl carbamates (subject to hydrolysis) is 1. The number of carbonyl (C=O) groups is 3. The van der Waals surface area contributed by atoms with E-state index in [0.29, 0.717) is 5.56 Å². The van der Waals surface area contributed by atoms with E-state index in [0.717, 1.165) is 5.69 Å².